The van der Waals surface area contributed by atoms with Gasteiger partial charge < -0.3 is 10.6 Å². The molecule has 0 fully saturated rings. The summed E-state index contributed by atoms with van der Waals surface area (Å²) < 4.78 is 1.05. The highest BCUT2D eigenvalue weighted by atomic mass is 79.9. The van der Waals surface area contributed by atoms with E-state index in [1.54, 1.807) is 0 Å². The van der Waals surface area contributed by atoms with Crippen molar-refractivity contribution in [1.82, 2.24) is 9.97 Å². The average Bonchev–Trinajstić information content (AvgIpc) is 2.34. The van der Waals surface area contributed by atoms with Gasteiger partial charge in [0.05, 0.1) is 0 Å². The lowest BCUT2D eigenvalue weighted by Crippen LogP contribution is -2.06. The molecule has 2 rings (SSSR count). The second-order valence-electron chi connectivity index (χ2n) is 4.79. The van der Waals surface area contributed by atoms with Crippen LogP contribution in [0.25, 0.3) is 0 Å². The molecule has 4 nitrogen and oxygen atoms in total. The molecule has 0 aliphatic heterocycles. The third-order valence-corrected chi connectivity index (χ3v) is 3.16. The third kappa shape index (κ3) is 4.20. The second kappa shape index (κ2) is 6.70. The fourth-order valence-electron chi connectivity index (χ4n) is 1.90. The Hall–Kier alpha value is -1.62. The van der Waals surface area contributed by atoms with Gasteiger partial charge in [-0.25, -0.2) is 4.98 Å². The predicted octanol–water partition coefficient (Wildman–Crippen LogP) is 4.42. The second-order valence-corrected chi connectivity index (χ2v) is 5.70. The molecular weight excluding hydrogens is 316 g/mol. The highest BCUT2D eigenvalue weighted by Crippen LogP contribution is 2.22. The molecule has 0 saturated carbocycles. The molecule has 0 unspecified atom stereocenters. The van der Waals surface area contributed by atoms with E-state index < -0.39 is 0 Å². The van der Waals surface area contributed by atoms with Crippen LogP contribution in [0.4, 0.5) is 17.5 Å². The number of rotatable bonds is 5. The maximum absolute atomic E-state index is 4.48. The van der Waals surface area contributed by atoms with E-state index in [9.17, 15) is 0 Å². The summed E-state index contributed by atoms with van der Waals surface area (Å²) in [7, 11) is 0. The summed E-state index contributed by atoms with van der Waals surface area (Å²) in [6.45, 7) is 7.02. The highest BCUT2D eigenvalue weighted by Gasteiger charge is 2.03. The van der Waals surface area contributed by atoms with Crippen molar-refractivity contribution in [3.05, 3.63) is 40.0 Å². The van der Waals surface area contributed by atoms with Crippen LogP contribution in [0.2, 0.25) is 0 Å². The van der Waals surface area contributed by atoms with Crippen LogP contribution < -0.4 is 10.6 Å². The number of hydrogen-bond acceptors (Lipinski definition) is 4. The van der Waals surface area contributed by atoms with Gasteiger partial charge in [-0.2, -0.15) is 4.98 Å². The zero-order chi connectivity index (χ0) is 14.5. The molecule has 1 aromatic heterocycles. The maximum Gasteiger partial charge on any atom is 0.224 e. The van der Waals surface area contributed by atoms with Crippen LogP contribution in [-0.2, 0) is 0 Å². The van der Waals surface area contributed by atoms with Crippen LogP contribution >= 0.6 is 15.9 Å². The Morgan fingerprint density at radius 3 is 2.60 bits per heavy atom. The molecule has 0 atom stereocenters. The first-order chi connectivity index (χ1) is 9.56. The molecule has 0 radical (unpaired) electrons. The number of nitrogens with zero attached hydrogens (tertiary/aromatic N) is 2. The molecule has 2 aromatic rings. The number of halogens is 1. The summed E-state index contributed by atoms with van der Waals surface area (Å²) in [4.78, 5) is 8.85. The molecule has 0 saturated heterocycles. The average molecular weight is 335 g/mol. The molecule has 1 aromatic carbocycles. The summed E-state index contributed by atoms with van der Waals surface area (Å²) in [6, 6.07) is 8.13. The molecular formula is C15H19BrN4. The number of aryl methyl sites for hydroxylation is 2. The van der Waals surface area contributed by atoms with Crippen molar-refractivity contribution >= 4 is 33.4 Å². The van der Waals surface area contributed by atoms with E-state index in [1.807, 2.05) is 19.1 Å². The molecule has 106 valence electrons. The first-order valence-electron chi connectivity index (χ1n) is 6.70. The standard InChI is InChI=1S/C15H19BrN4/c1-4-5-17-15-18-11(3)8-14(20-15)19-13-7-10(2)6-12(16)9-13/h6-9H,4-5H2,1-3H3,(H2,17,18,19,20). The summed E-state index contributed by atoms with van der Waals surface area (Å²) in [5.74, 6) is 1.47. The van der Waals surface area contributed by atoms with Crippen molar-refractivity contribution in [1.29, 1.82) is 0 Å². The lowest BCUT2D eigenvalue weighted by atomic mass is 10.2. The first kappa shape index (κ1) is 14.8. The van der Waals surface area contributed by atoms with E-state index in [2.05, 4.69) is 62.5 Å². The van der Waals surface area contributed by atoms with Gasteiger partial charge in [-0.15, -0.1) is 0 Å². The van der Waals surface area contributed by atoms with E-state index >= 15 is 0 Å². The molecule has 2 N–H and O–H groups in total. The van der Waals surface area contributed by atoms with Crippen LogP contribution in [0.15, 0.2) is 28.7 Å². The minimum atomic E-state index is 0.668. The van der Waals surface area contributed by atoms with Crippen LogP contribution in [0.1, 0.15) is 24.6 Å². The smallest absolute Gasteiger partial charge is 0.224 e. The maximum atomic E-state index is 4.48. The third-order valence-electron chi connectivity index (χ3n) is 2.70. The molecule has 20 heavy (non-hydrogen) atoms. The fourth-order valence-corrected chi connectivity index (χ4v) is 2.51. The van der Waals surface area contributed by atoms with Crippen LogP contribution in [0, 0.1) is 13.8 Å². The molecule has 0 bridgehead atoms. The lowest BCUT2D eigenvalue weighted by molar-refractivity contribution is 0.947. The van der Waals surface area contributed by atoms with Crippen LogP contribution in [-0.4, -0.2) is 16.5 Å². The monoisotopic (exact) mass is 334 g/mol. The van der Waals surface area contributed by atoms with Crippen molar-refractivity contribution in [3.63, 3.8) is 0 Å². The number of nitrogens with one attached hydrogen (secondary N) is 2. The van der Waals surface area contributed by atoms with Crippen molar-refractivity contribution < 1.29 is 0 Å². The molecule has 0 aliphatic carbocycles. The van der Waals surface area contributed by atoms with Gasteiger partial charge in [0.25, 0.3) is 0 Å². The number of benzene rings is 1. The van der Waals surface area contributed by atoms with E-state index in [4.69, 9.17) is 0 Å². The van der Waals surface area contributed by atoms with Crippen LogP contribution in [0.5, 0.6) is 0 Å². The minimum absolute atomic E-state index is 0.668. The Morgan fingerprint density at radius 1 is 1.10 bits per heavy atom. The minimum Gasteiger partial charge on any atom is -0.354 e. The topological polar surface area (TPSA) is 49.8 Å². The molecule has 0 spiro atoms. The van der Waals surface area contributed by atoms with Gasteiger partial charge >= 0.3 is 0 Å². The lowest BCUT2D eigenvalue weighted by Gasteiger charge is -2.10. The van der Waals surface area contributed by atoms with Gasteiger partial charge in [0, 0.05) is 28.5 Å². The van der Waals surface area contributed by atoms with E-state index in [0.717, 1.165) is 34.6 Å². The van der Waals surface area contributed by atoms with E-state index in [-0.39, 0.29) is 0 Å². The normalized spacial score (nSPS) is 10.4. The molecule has 5 heteroatoms. The Balaban J connectivity index is 2.21. The molecule has 0 aliphatic rings. The van der Waals surface area contributed by atoms with Crippen molar-refractivity contribution in [2.45, 2.75) is 27.2 Å². The van der Waals surface area contributed by atoms with E-state index in [0.29, 0.717) is 5.95 Å². The summed E-state index contributed by atoms with van der Waals surface area (Å²) in [5.41, 5.74) is 3.14. The summed E-state index contributed by atoms with van der Waals surface area (Å²) in [5, 5.41) is 6.53. The fraction of sp³-hybridized carbons (Fsp3) is 0.333. The van der Waals surface area contributed by atoms with Gasteiger partial charge in [0.2, 0.25) is 5.95 Å². The van der Waals surface area contributed by atoms with Crippen molar-refractivity contribution in [3.8, 4) is 0 Å². The highest BCUT2D eigenvalue weighted by molar-refractivity contribution is 9.10. The Bertz CT molecular complexity index is 578. The number of anilines is 3. The SMILES string of the molecule is CCCNc1nc(C)cc(Nc2cc(C)cc(Br)c2)n1. The summed E-state index contributed by atoms with van der Waals surface area (Å²) in [6.07, 6.45) is 1.05. The largest absolute Gasteiger partial charge is 0.354 e. The van der Waals surface area contributed by atoms with E-state index in [1.165, 1.54) is 5.56 Å². The molecule has 0 amide bonds. The zero-order valence-corrected chi connectivity index (χ0v) is 13.6. The number of aromatic nitrogens is 2. The Labute approximate surface area is 128 Å². The van der Waals surface area contributed by atoms with Crippen molar-refractivity contribution in [2.75, 3.05) is 17.2 Å². The Morgan fingerprint density at radius 2 is 1.90 bits per heavy atom. The van der Waals surface area contributed by atoms with Gasteiger partial charge in [0.1, 0.15) is 5.82 Å². The van der Waals surface area contributed by atoms with Gasteiger partial charge in [-0.05, 0) is 44.0 Å². The zero-order valence-electron chi connectivity index (χ0n) is 12.0. The quantitative estimate of drug-likeness (QED) is 0.849. The van der Waals surface area contributed by atoms with Crippen LogP contribution in [0.3, 0.4) is 0 Å². The number of hydrogen-bond donors (Lipinski definition) is 2. The predicted molar refractivity (Wildman–Crippen MR) is 87.7 cm³/mol. The van der Waals surface area contributed by atoms with Gasteiger partial charge in [-0.1, -0.05) is 22.9 Å². The Kier molecular flexibility index (Phi) is 4.95. The first-order valence-corrected chi connectivity index (χ1v) is 7.50. The van der Waals surface area contributed by atoms with Gasteiger partial charge in [0.15, 0.2) is 0 Å². The van der Waals surface area contributed by atoms with Crippen molar-refractivity contribution in [2.24, 2.45) is 0 Å². The van der Waals surface area contributed by atoms with Gasteiger partial charge in [-0.3, -0.25) is 0 Å². The summed E-state index contributed by atoms with van der Waals surface area (Å²) >= 11 is 3.50. The molecule has 1 heterocycles.